The topological polar surface area (TPSA) is 104 Å². The van der Waals surface area contributed by atoms with E-state index in [2.05, 4.69) is 15.3 Å². The summed E-state index contributed by atoms with van der Waals surface area (Å²) >= 11 is 1.46. The number of rotatable bonds is 3. The molecule has 1 aromatic carbocycles. The fourth-order valence-electron chi connectivity index (χ4n) is 3.78. The van der Waals surface area contributed by atoms with Gasteiger partial charge in [0.05, 0.1) is 5.56 Å². The van der Waals surface area contributed by atoms with Gasteiger partial charge in [0.1, 0.15) is 23.1 Å². The molecule has 0 bridgehead atoms. The van der Waals surface area contributed by atoms with Crippen LogP contribution in [0.1, 0.15) is 47.8 Å². The van der Waals surface area contributed by atoms with Crippen LogP contribution in [0.15, 0.2) is 52.0 Å². The quantitative estimate of drug-likeness (QED) is 0.798. The van der Waals surface area contributed by atoms with Crippen LogP contribution >= 0.6 is 11.8 Å². The van der Waals surface area contributed by atoms with Crippen LogP contribution in [0.25, 0.3) is 0 Å². The van der Waals surface area contributed by atoms with Crippen LogP contribution in [-0.4, -0.2) is 16.1 Å². The number of nitrogens with two attached hydrogens (primary N) is 1. The van der Waals surface area contributed by atoms with Gasteiger partial charge in [-0.1, -0.05) is 11.8 Å². The maximum Gasteiger partial charge on any atom is 0.257 e. The van der Waals surface area contributed by atoms with E-state index in [1.165, 1.54) is 42.2 Å². The lowest BCUT2D eigenvalue weighted by Crippen LogP contribution is -2.30. The average molecular weight is 407 g/mol. The lowest BCUT2D eigenvalue weighted by atomic mass is 9.83. The molecule has 2 aromatic rings. The molecule has 1 atom stereocenters. The number of hydrogen-bond acceptors (Lipinski definition) is 6. The zero-order valence-corrected chi connectivity index (χ0v) is 16.5. The Morgan fingerprint density at radius 2 is 2.17 bits per heavy atom. The van der Waals surface area contributed by atoms with Crippen molar-refractivity contribution >= 4 is 28.5 Å². The molecule has 1 aliphatic carbocycles. The first-order valence-electron chi connectivity index (χ1n) is 9.14. The van der Waals surface area contributed by atoms with Crippen molar-refractivity contribution in [2.75, 3.05) is 5.32 Å². The molecule has 2 heterocycles. The normalized spacial score (nSPS) is 20.7. The van der Waals surface area contributed by atoms with Crippen molar-refractivity contribution in [2.24, 2.45) is 10.7 Å². The van der Waals surface area contributed by atoms with E-state index >= 15 is 0 Å². The molecule has 0 fully saturated rings. The van der Waals surface area contributed by atoms with Gasteiger partial charge in [0, 0.05) is 17.4 Å². The number of amides is 1. The van der Waals surface area contributed by atoms with Crippen molar-refractivity contribution in [3.05, 3.63) is 69.6 Å². The molecule has 0 unspecified atom stereocenters. The van der Waals surface area contributed by atoms with E-state index in [9.17, 15) is 9.18 Å². The Balaban J connectivity index is 1.67. The molecule has 0 saturated carbocycles. The lowest BCUT2D eigenvalue weighted by Gasteiger charge is -2.33. The number of aromatic nitrogens is 1. The minimum absolute atomic E-state index is 0.227. The molecule has 146 valence electrons. The minimum atomic E-state index is -0.887. The molecule has 3 N–H and O–H groups in total. The van der Waals surface area contributed by atoms with Gasteiger partial charge in [-0.05, 0) is 67.0 Å². The summed E-state index contributed by atoms with van der Waals surface area (Å²) < 4.78 is 14.8. The summed E-state index contributed by atoms with van der Waals surface area (Å²) in [6.45, 7) is 1.87. The molecule has 1 aliphatic heterocycles. The molecule has 0 saturated heterocycles. The van der Waals surface area contributed by atoms with Gasteiger partial charge in [-0.15, -0.1) is 0 Å². The van der Waals surface area contributed by atoms with Crippen LogP contribution in [-0.2, 0) is 5.54 Å². The number of nitriles is 1. The molecule has 1 amide bonds. The van der Waals surface area contributed by atoms with Crippen LogP contribution in [0.2, 0.25) is 0 Å². The highest BCUT2D eigenvalue weighted by Crippen LogP contribution is 2.50. The third-order valence-corrected chi connectivity index (χ3v) is 6.20. The smallest absolute Gasteiger partial charge is 0.257 e. The SMILES string of the molecule is C[C@]1(c2cc(NC(=O)c3ccc(C#N)nc3)ccc2F)N=C(N)SC2=C1CCC2. The summed E-state index contributed by atoms with van der Waals surface area (Å²) in [4.78, 5) is 22.2. The van der Waals surface area contributed by atoms with E-state index in [-0.39, 0.29) is 5.69 Å². The lowest BCUT2D eigenvalue weighted by molar-refractivity contribution is 0.102. The number of hydrogen-bond donors (Lipinski definition) is 2. The van der Waals surface area contributed by atoms with Gasteiger partial charge >= 0.3 is 0 Å². The summed E-state index contributed by atoms with van der Waals surface area (Å²) in [6.07, 6.45) is 4.11. The van der Waals surface area contributed by atoms with Crippen LogP contribution in [0.4, 0.5) is 10.1 Å². The molecule has 0 radical (unpaired) electrons. The second-order valence-corrected chi connectivity index (χ2v) is 8.19. The van der Waals surface area contributed by atoms with E-state index in [1.54, 1.807) is 6.07 Å². The predicted octanol–water partition coefficient (Wildman–Crippen LogP) is 4.06. The maximum atomic E-state index is 14.8. The summed E-state index contributed by atoms with van der Waals surface area (Å²) in [5, 5.41) is 12.0. The molecule has 8 heteroatoms. The Kier molecular flexibility index (Phi) is 4.84. The maximum absolute atomic E-state index is 14.8. The van der Waals surface area contributed by atoms with Gasteiger partial charge in [-0.2, -0.15) is 5.26 Å². The fourth-order valence-corrected chi connectivity index (χ4v) is 4.93. The number of nitrogens with zero attached hydrogens (tertiary/aromatic N) is 3. The van der Waals surface area contributed by atoms with E-state index < -0.39 is 17.3 Å². The van der Waals surface area contributed by atoms with E-state index in [0.717, 1.165) is 29.7 Å². The Morgan fingerprint density at radius 3 is 2.90 bits per heavy atom. The fraction of sp³-hybridized carbons (Fsp3) is 0.238. The highest BCUT2D eigenvalue weighted by molar-refractivity contribution is 8.17. The van der Waals surface area contributed by atoms with Crippen molar-refractivity contribution in [1.29, 1.82) is 5.26 Å². The summed E-state index contributed by atoms with van der Waals surface area (Å²) in [5.74, 6) is -0.791. The Hall–Kier alpha value is -3.18. The van der Waals surface area contributed by atoms with Crippen LogP contribution in [0, 0.1) is 17.1 Å². The number of anilines is 1. The predicted molar refractivity (Wildman–Crippen MR) is 111 cm³/mol. The van der Waals surface area contributed by atoms with Crippen molar-refractivity contribution in [3.63, 3.8) is 0 Å². The molecule has 1 aromatic heterocycles. The van der Waals surface area contributed by atoms with Crippen molar-refractivity contribution in [3.8, 4) is 6.07 Å². The zero-order valence-electron chi connectivity index (χ0n) is 15.7. The molecule has 29 heavy (non-hydrogen) atoms. The number of aliphatic imine (C=N–C) groups is 1. The second-order valence-electron chi connectivity index (χ2n) is 7.07. The van der Waals surface area contributed by atoms with Crippen LogP contribution in [0.3, 0.4) is 0 Å². The molecule has 2 aliphatic rings. The largest absolute Gasteiger partial charge is 0.378 e. The number of carbonyl (C=O) groups is 1. The van der Waals surface area contributed by atoms with Crippen molar-refractivity contribution in [1.82, 2.24) is 4.98 Å². The number of amidine groups is 1. The second kappa shape index (κ2) is 7.33. The van der Waals surface area contributed by atoms with Crippen molar-refractivity contribution in [2.45, 2.75) is 31.7 Å². The highest BCUT2D eigenvalue weighted by Gasteiger charge is 2.40. The van der Waals surface area contributed by atoms with Gasteiger partial charge in [0.25, 0.3) is 5.91 Å². The minimum Gasteiger partial charge on any atom is -0.378 e. The number of carbonyl (C=O) groups excluding carboxylic acids is 1. The third-order valence-electron chi connectivity index (χ3n) is 5.21. The number of halogens is 1. The van der Waals surface area contributed by atoms with Gasteiger partial charge in [-0.3, -0.25) is 4.79 Å². The number of benzene rings is 1. The van der Waals surface area contributed by atoms with Crippen LogP contribution < -0.4 is 11.1 Å². The number of nitrogens with one attached hydrogen (secondary N) is 1. The summed E-state index contributed by atoms with van der Waals surface area (Å²) in [5.41, 5.74) is 7.59. The first kappa shape index (κ1) is 19.2. The number of thioether (sulfide) groups is 1. The zero-order chi connectivity index (χ0) is 20.6. The Morgan fingerprint density at radius 1 is 1.34 bits per heavy atom. The third kappa shape index (κ3) is 3.49. The van der Waals surface area contributed by atoms with Gasteiger partial charge in [0.15, 0.2) is 5.17 Å². The van der Waals surface area contributed by atoms with E-state index in [1.807, 2.05) is 13.0 Å². The number of allylic oxidation sites excluding steroid dienone is 1. The standard InChI is InChI=1S/C21H18FN5OS/c1-21(15-3-2-4-18(15)29-20(24)27-21)16-9-13(7-8-17(16)22)26-19(28)12-5-6-14(10-23)25-11-12/h5-9,11H,2-4H2,1H3,(H2,24,27)(H,26,28)/t21-/m0/s1. The van der Waals surface area contributed by atoms with Gasteiger partial charge < -0.3 is 11.1 Å². The van der Waals surface area contributed by atoms with Crippen LogP contribution in [0.5, 0.6) is 0 Å². The monoisotopic (exact) mass is 407 g/mol. The molecular weight excluding hydrogens is 389 g/mol. The number of pyridine rings is 1. The molecule has 6 nitrogen and oxygen atoms in total. The highest BCUT2D eigenvalue weighted by atomic mass is 32.2. The Bertz CT molecular complexity index is 1100. The Labute approximate surface area is 171 Å². The summed E-state index contributed by atoms with van der Waals surface area (Å²) in [7, 11) is 0. The van der Waals surface area contributed by atoms with E-state index in [4.69, 9.17) is 11.0 Å². The first-order valence-corrected chi connectivity index (χ1v) is 9.95. The van der Waals surface area contributed by atoms with Gasteiger partial charge in [0.2, 0.25) is 0 Å². The summed E-state index contributed by atoms with van der Waals surface area (Å²) in [6, 6.07) is 9.34. The van der Waals surface area contributed by atoms with Gasteiger partial charge in [-0.25, -0.2) is 14.4 Å². The van der Waals surface area contributed by atoms with Crippen molar-refractivity contribution < 1.29 is 9.18 Å². The van der Waals surface area contributed by atoms with E-state index in [0.29, 0.717) is 22.0 Å². The first-order chi connectivity index (χ1) is 13.9. The molecular formula is C21H18FN5OS. The molecule has 0 spiro atoms. The molecule has 4 rings (SSSR count). The average Bonchev–Trinajstić information content (AvgIpc) is 3.18.